The van der Waals surface area contributed by atoms with E-state index in [-0.39, 0.29) is 12.6 Å². The first-order chi connectivity index (χ1) is 19.7. The second-order valence-electron chi connectivity index (χ2n) is 11.2. The standard InChI is InChI=1S/C32H38ClN3O4S/c1-23-9-15-30(16-10-23)41(38,39)34-26-19-27-13-14-28(20-26)35(27)17-6-18-36(29-12-11-24(2)31(33)21-29)32(37)40-22-25-7-4-3-5-8-25/h3-5,7-12,15-16,21,26-28,34H,6,13-14,17-20,22H2,1-2H3/t26?,27-,28+. The summed E-state index contributed by atoms with van der Waals surface area (Å²) in [4.78, 5) is 17.7. The normalized spacial score (nSPS) is 20.6. The van der Waals surface area contributed by atoms with Crippen molar-refractivity contribution in [2.45, 2.75) is 75.6 Å². The van der Waals surface area contributed by atoms with Crippen molar-refractivity contribution in [1.82, 2.24) is 9.62 Å². The zero-order valence-corrected chi connectivity index (χ0v) is 25.2. The maximum absolute atomic E-state index is 13.2. The highest BCUT2D eigenvalue weighted by molar-refractivity contribution is 7.89. The largest absolute Gasteiger partial charge is 0.444 e. The van der Waals surface area contributed by atoms with Crippen molar-refractivity contribution in [1.29, 1.82) is 0 Å². The molecule has 2 aliphatic heterocycles. The van der Waals surface area contributed by atoms with Gasteiger partial charge in [-0.15, -0.1) is 0 Å². The van der Waals surface area contributed by atoms with Crippen LogP contribution in [0.15, 0.2) is 77.7 Å². The van der Waals surface area contributed by atoms with Crippen molar-refractivity contribution >= 4 is 33.4 Å². The van der Waals surface area contributed by atoms with Gasteiger partial charge in [-0.05, 0) is 81.3 Å². The predicted octanol–water partition coefficient (Wildman–Crippen LogP) is 6.46. The van der Waals surface area contributed by atoms with E-state index < -0.39 is 16.1 Å². The van der Waals surface area contributed by atoms with Gasteiger partial charge in [0.1, 0.15) is 6.61 Å². The maximum atomic E-state index is 13.2. The van der Waals surface area contributed by atoms with Gasteiger partial charge in [0.05, 0.1) is 4.90 Å². The number of nitrogens with one attached hydrogen (secondary N) is 1. The number of ether oxygens (including phenoxy) is 1. The fourth-order valence-electron chi connectivity index (χ4n) is 6.02. The number of halogens is 1. The van der Waals surface area contributed by atoms with Crippen molar-refractivity contribution in [3.05, 3.63) is 94.5 Å². The molecule has 2 bridgehead atoms. The number of nitrogens with zero attached hydrogens (tertiary/aromatic N) is 2. The molecule has 1 unspecified atom stereocenters. The fourth-order valence-corrected chi connectivity index (χ4v) is 7.46. The minimum Gasteiger partial charge on any atom is -0.444 e. The summed E-state index contributed by atoms with van der Waals surface area (Å²) in [6.45, 7) is 5.40. The van der Waals surface area contributed by atoms with E-state index >= 15 is 0 Å². The molecule has 0 radical (unpaired) electrons. The third kappa shape index (κ3) is 7.30. The number of benzene rings is 3. The molecule has 2 aliphatic rings. The molecule has 0 spiro atoms. The average molecular weight is 596 g/mol. The Morgan fingerprint density at radius 2 is 1.68 bits per heavy atom. The molecule has 0 saturated carbocycles. The number of hydrogen-bond acceptors (Lipinski definition) is 5. The van der Waals surface area contributed by atoms with Crippen LogP contribution < -0.4 is 9.62 Å². The molecule has 218 valence electrons. The van der Waals surface area contributed by atoms with Gasteiger partial charge in [0.25, 0.3) is 0 Å². The smallest absolute Gasteiger partial charge is 0.414 e. The molecule has 1 amide bonds. The number of amides is 1. The summed E-state index contributed by atoms with van der Waals surface area (Å²) in [6.07, 6.45) is 4.06. The molecule has 7 nitrogen and oxygen atoms in total. The van der Waals surface area contributed by atoms with Crippen LogP contribution in [-0.4, -0.2) is 50.6 Å². The van der Waals surface area contributed by atoms with Gasteiger partial charge in [0.2, 0.25) is 10.0 Å². The molecule has 3 aromatic rings. The van der Waals surface area contributed by atoms with E-state index in [1.807, 2.05) is 74.5 Å². The lowest BCUT2D eigenvalue weighted by atomic mass is 9.98. The molecule has 0 aromatic heterocycles. The summed E-state index contributed by atoms with van der Waals surface area (Å²) in [5, 5.41) is 0.608. The van der Waals surface area contributed by atoms with E-state index in [2.05, 4.69) is 9.62 Å². The van der Waals surface area contributed by atoms with Crippen molar-refractivity contribution < 1.29 is 17.9 Å². The van der Waals surface area contributed by atoms with Crippen molar-refractivity contribution in [3.63, 3.8) is 0 Å². The summed E-state index contributed by atoms with van der Waals surface area (Å²) in [7, 11) is -3.55. The van der Waals surface area contributed by atoms with E-state index in [0.29, 0.717) is 34.2 Å². The van der Waals surface area contributed by atoms with E-state index in [4.69, 9.17) is 16.3 Å². The van der Waals surface area contributed by atoms with Crippen LogP contribution in [-0.2, 0) is 21.4 Å². The molecule has 1 N–H and O–H groups in total. The zero-order chi connectivity index (χ0) is 29.0. The number of fused-ring (bicyclic) bond motifs is 2. The molecule has 5 rings (SSSR count). The Morgan fingerprint density at radius 1 is 1.00 bits per heavy atom. The monoisotopic (exact) mass is 595 g/mol. The number of carbonyl (C=O) groups is 1. The lowest BCUT2D eigenvalue weighted by Gasteiger charge is -2.39. The number of carbonyl (C=O) groups excluding carboxylic acids is 1. The Morgan fingerprint density at radius 3 is 2.34 bits per heavy atom. The van der Waals surface area contributed by atoms with Gasteiger partial charge in [-0.25, -0.2) is 17.9 Å². The number of hydrogen-bond donors (Lipinski definition) is 1. The Bertz CT molecular complexity index is 1440. The molecule has 2 saturated heterocycles. The number of rotatable bonds is 10. The number of anilines is 1. The first-order valence-electron chi connectivity index (χ1n) is 14.3. The fraction of sp³-hybridized carbons (Fsp3) is 0.406. The molecule has 0 aliphatic carbocycles. The molecular weight excluding hydrogens is 558 g/mol. The highest BCUT2D eigenvalue weighted by Gasteiger charge is 2.41. The Hall–Kier alpha value is -2.91. The van der Waals surface area contributed by atoms with E-state index in [1.165, 1.54) is 0 Å². The predicted molar refractivity (Wildman–Crippen MR) is 163 cm³/mol. The average Bonchev–Trinajstić information content (AvgIpc) is 3.19. The van der Waals surface area contributed by atoms with Gasteiger partial charge < -0.3 is 4.74 Å². The molecule has 2 heterocycles. The van der Waals surface area contributed by atoms with Crippen LogP contribution in [0.5, 0.6) is 0 Å². The van der Waals surface area contributed by atoms with Crippen LogP contribution in [0.4, 0.5) is 10.5 Å². The lowest BCUT2D eigenvalue weighted by molar-refractivity contribution is 0.121. The minimum atomic E-state index is -3.55. The zero-order valence-electron chi connectivity index (χ0n) is 23.6. The number of sulfonamides is 1. The van der Waals surface area contributed by atoms with E-state index in [0.717, 1.165) is 55.3 Å². The topological polar surface area (TPSA) is 79.0 Å². The summed E-state index contributed by atoms with van der Waals surface area (Å²) in [5.41, 5.74) is 3.63. The van der Waals surface area contributed by atoms with Crippen LogP contribution in [0.1, 0.15) is 48.8 Å². The number of aryl methyl sites for hydroxylation is 2. The lowest BCUT2D eigenvalue weighted by Crippen LogP contribution is -2.50. The van der Waals surface area contributed by atoms with Crippen LogP contribution in [0.25, 0.3) is 0 Å². The van der Waals surface area contributed by atoms with E-state index in [9.17, 15) is 13.2 Å². The molecule has 3 atom stereocenters. The highest BCUT2D eigenvalue weighted by atomic mass is 35.5. The van der Waals surface area contributed by atoms with Gasteiger partial charge >= 0.3 is 6.09 Å². The van der Waals surface area contributed by atoms with Crippen LogP contribution >= 0.6 is 11.6 Å². The Balaban J connectivity index is 1.19. The third-order valence-electron chi connectivity index (χ3n) is 8.23. The van der Waals surface area contributed by atoms with Gasteiger partial charge in [-0.3, -0.25) is 9.80 Å². The second-order valence-corrected chi connectivity index (χ2v) is 13.3. The minimum absolute atomic E-state index is 0.0748. The first-order valence-corrected chi connectivity index (χ1v) is 16.1. The van der Waals surface area contributed by atoms with Gasteiger partial charge in [0, 0.05) is 41.9 Å². The van der Waals surface area contributed by atoms with E-state index in [1.54, 1.807) is 17.0 Å². The summed E-state index contributed by atoms with van der Waals surface area (Å²) < 4.78 is 34.6. The SMILES string of the molecule is Cc1ccc(S(=O)(=O)NC2C[C@H]3CC[C@@H](C2)N3CCCN(C(=O)OCc2ccccc2)c2ccc(C)c(Cl)c2)cc1. The summed E-state index contributed by atoms with van der Waals surface area (Å²) in [5.74, 6) is 0. The molecular formula is C32H38ClN3O4S. The third-order valence-corrected chi connectivity index (χ3v) is 10.2. The van der Waals surface area contributed by atoms with Gasteiger partial charge in [-0.2, -0.15) is 0 Å². The summed E-state index contributed by atoms with van der Waals surface area (Å²) in [6, 6.07) is 22.8. The maximum Gasteiger partial charge on any atom is 0.414 e. The van der Waals surface area contributed by atoms with Gasteiger partial charge in [0.15, 0.2) is 0 Å². The van der Waals surface area contributed by atoms with Crippen LogP contribution in [0.3, 0.4) is 0 Å². The van der Waals surface area contributed by atoms with Crippen molar-refractivity contribution in [2.24, 2.45) is 0 Å². The summed E-state index contributed by atoms with van der Waals surface area (Å²) >= 11 is 6.41. The Labute approximate surface area is 248 Å². The second kappa shape index (κ2) is 12.9. The number of piperidine rings is 1. The van der Waals surface area contributed by atoms with Crippen molar-refractivity contribution in [3.8, 4) is 0 Å². The molecule has 2 fully saturated rings. The molecule has 3 aromatic carbocycles. The quantitative estimate of drug-likeness (QED) is 0.291. The molecule has 9 heteroatoms. The first kappa shape index (κ1) is 29.6. The van der Waals surface area contributed by atoms with Crippen molar-refractivity contribution in [2.75, 3.05) is 18.0 Å². The van der Waals surface area contributed by atoms with Gasteiger partial charge in [-0.1, -0.05) is 65.7 Å². The highest BCUT2D eigenvalue weighted by Crippen LogP contribution is 2.36. The Kier molecular flexibility index (Phi) is 9.34. The van der Waals surface area contributed by atoms with Crippen LogP contribution in [0.2, 0.25) is 5.02 Å². The van der Waals surface area contributed by atoms with Crippen LogP contribution in [0, 0.1) is 13.8 Å². The molecule has 41 heavy (non-hydrogen) atoms.